The Kier molecular flexibility index (Phi) is 7.25. The van der Waals surface area contributed by atoms with Gasteiger partial charge in [-0.1, -0.05) is 13.0 Å². The number of carbonyl (C=O) groups is 4. The first-order valence-corrected chi connectivity index (χ1v) is 7.04. The molecule has 0 heterocycles. The van der Waals surface area contributed by atoms with Crippen molar-refractivity contribution >= 4 is 29.5 Å². The first-order chi connectivity index (χ1) is 10.9. The van der Waals surface area contributed by atoms with Crippen molar-refractivity contribution in [2.75, 3.05) is 18.5 Å². The van der Waals surface area contributed by atoms with Gasteiger partial charge < -0.3 is 15.4 Å². The lowest BCUT2D eigenvalue weighted by atomic mass is 10.2. The average molecular weight is 321 g/mol. The van der Waals surface area contributed by atoms with E-state index in [-0.39, 0.29) is 11.5 Å². The number of imide groups is 1. The van der Waals surface area contributed by atoms with Crippen LogP contribution in [-0.2, 0) is 14.3 Å². The number of urea groups is 1. The third kappa shape index (κ3) is 7.07. The number of hydrogen-bond acceptors (Lipinski definition) is 5. The summed E-state index contributed by atoms with van der Waals surface area (Å²) in [5.74, 6) is -1.74. The van der Waals surface area contributed by atoms with Crippen molar-refractivity contribution in [3.05, 3.63) is 29.8 Å². The lowest BCUT2D eigenvalue weighted by Crippen LogP contribution is -2.41. The number of nitrogens with one attached hydrogen (secondary N) is 3. The van der Waals surface area contributed by atoms with Crippen LogP contribution in [0.4, 0.5) is 10.5 Å². The second-order valence-corrected chi connectivity index (χ2v) is 4.64. The molecule has 1 aromatic rings. The molecule has 1 aromatic carbocycles. The summed E-state index contributed by atoms with van der Waals surface area (Å²) < 4.78 is 4.81. The minimum Gasteiger partial charge on any atom is -0.452 e. The van der Waals surface area contributed by atoms with Crippen LogP contribution in [0, 0.1) is 0 Å². The maximum atomic E-state index is 11.8. The number of ether oxygens (including phenoxy) is 1. The molecular formula is C15H19N3O5. The molecule has 1 rings (SSSR count). The van der Waals surface area contributed by atoms with Crippen LogP contribution in [0.2, 0.25) is 0 Å². The van der Waals surface area contributed by atoms with E-state index in [2.05, 4.69) is 10.6 Å². The minimum atomic E-state index is -0.735. The van der Waals surface area contributed by atoms with Gasteiger partial charge in [-0.05, 0) is 24.6 Å². The summed E-state index contributed by atoms with van der Waals surface area (Å²) in [5.41, 5.74) is 0.620. The highest BCUT2D eigenvalue weighted by atomic mass is 16.5. The Morgan fingerprint density at radius 1 is 1.17 bits per heavy atom. The van der Waals surface area contributed by atoms with Crippen molar-refractivity contribution in [1.82, 2.24) is 10.6 Å². The Hall–Kier alpha value is -2.90. The predicted octanol–water partition coefficient (Wildman–Crippen LogP) is 1.04. The van der Waals surface area contributed by atoms with E-state index in [1.807, 2.05) is 12.2 Å². The van der Waals surface area contributed by atoms with Gasteiger partial charge in [-0.3, -0.25) is 14.9 Å². The number of amides is 4. The van der Waals surface area contributed by atoms with E-state index in [4.69, 9.17) is 4.74 Å². The van der Waals surface area contributed by atoms with Crippen LogP contribution in [-0.4, -0.2) is 37.0 Å². The molecule has 0 spiro atoms. The molecule has 8 nitrogen and oxygen atoms in total. The minimum absolute atomic E-state index is 0.180. The summed E-state index contributed by atoms with van der Waals surface area (Å²) in [4.78, 5) is 45.5. The van der Waals surface area contributed by atoms with E-state index in [1.54, 1.807) is 12.1 Å². The van der Waals surface area contributed by atoms with Crippen LogP contribution in [0.5, 0.6) is 0 Å². The zero-order valence-electron chi connectivity index (χ0n) is 13.0. The standard InChI is InChI=1S/C15H19N3O5/c1-3-7-16-15(22)18-13(20)9-23-14(21)11-5-4-6-12(8-11)17-10(2)19/h4-6,8H,3,7,9H2,1-2H3,(H,17,19)(H2,16,18,20,22). The molecule has 0 saturated heterocycles. The molecule has 0 aliphatic heterocycles. The van der Waals surface area contributed by atoms with Gasteiger partial charge in [0.15, 0.2) is 6.61 Å². The quantitative estimate of drug-likeness (QED) is 0.677. The number of rotatable bonds is 6. The molecule has 3 N–H and O–H groups in total. The van der Waals surface area contributed by atoms with Crippen molar-refractivity contribution in [3.8, 4) is 0 Å². The van der Waals surface area contributed by atoms with Crippen LogP contribution in [0.25, 0.3) is 0 Å². The number of benzene rings is 1. The largest absolute Gasteiger partial charge is 0.452 e. The Labute approximate surface area is 133 Å². The van der Waals surface area contributed by atoms with Gasteiger partial charge in [-0.2, -0.15) is 0 Å². The van der Waals surface area contributed by atoms with Crippen molar-refractivity contribution in [3.63, 3.8) is 0 Å². The molecule has 0 aromatic heterocycles. The van der Waals surface area contributed by atoms with Gasteiger partial charge in [0.2, 0.25) is 5.91 Å². The maximum absolute atomic E-state index is 11.8. The van der Waals surface area contributed by atoms with Crippen LogP contribution in [0.3, 0.4) is 0 Å². The van der Waals surface area contributed by atoms with Gasteiger partial charge in [-0.15, -0.1) is 0 Å². The van der Waals surface area contributed by atoms with Crippen LogP contribution >= 0.6 is 0 Å². The zero-order chi connectivity index (χ0) is 17.2. The lowest BCUT2D eigenvalue weighted by molar-refractivity contribution is -0.123. The van der Waals surface area contributed by atoms with Crippen molar-refractivity contribution < 1.29 is 23.9 Å². The molecule has 0 saturated carbocycles. The number of anilines is 1. The Bertz CT molecular complexity index is 601. The summed E-state index contributed by atoms with van der Waals surface area (Å²) in [6.45, 7) is 3.08. The monoisotopic (exact) mass is 321 g/mol. The van der Waals surface area contributed by atoms with Gasteiger partial charge in [0.25, 0.3) is 5.91 Å². The fourth-order valence-electron chi connectivity index (χ4n) is 1.59. The number of hydrogen-bond donors (Lipinski definition) is 3. The molecule has 23 heavy (non-hydrogen) atoms. The molecule has 0 bridgehead atoms. The molecule has 0 unspecified atom stereocenters. The second-order valence-electron chi connectivity index (χ2n) is 4.64. The Morgan fingerprint density at radius 2 is 1.91 bits per heavy atom. The van der Waals surface area contributed by atoms with E-state index in [1.165, 1.54) is 19.1 Å². The molecule has 0 atom stereocenters. The van der Waals surface area contributed by atoms with Crippen LogP contribution < -0.4 is 16.0 Å². The van der Waals surface area contributed by atoms with Gasteiger partial charge in [0.05, 0.1) is 5.56 Å². The van der Waals surface area contributed by atoms with Gasteiger partial charge in [0.1, 0.15) is 0 Å². The van der Waals surface area contributed by atoms with Crippen molar-refractivity contribution in [2.24, 2.45) is 0 Å². The molecule has 4 amide bonds. The molecule has 124 valence electrons. The molecular weight excluding hydrogens is 302 g/mol. The Morgan fingerprint density at radius 3 is 2.57 bits per heavy atom. The average Bonchev–Trinajstić information content (AvgIpc) is 2.50. The van der Waals surface area contributed by atoms with Gasteiger partial charge >= 0.3 is 12.0 Å². The van der Waals surface area contributed by atoms with E-state index < -0.39 is 24.5 Å². The summed E-state index contributed by atoms with van der Waals surface area (Å²) >= 11 is 0. The third-order valence-corrected chi connectivity index (χ3v) is 2.54. The summed E-state index contributed by atoms with van der Waals surface area (Å²) in [6, 6.07) is 5.46. The molecule has 0 radical (unpaired) electrons. The highest BCUT2D eigenvalue weighted by Gasteiger charge is 2.12. The smallest absolute Gasteiger partial charge is 0.338 e. The lowest BCUT2D eigenvalue weighted by Gasteiger charge is -2.08. The van der Waals surface area contributed by atoms with Gasteiger partial charge in [0, 0.05) is 19.2 Å². The SMILES string of the molecule is CCCNC(=O)NC(=O)COC(=O)c1cccc(NC(C)=O)c1. The maximum Gasteiger partial charge on any atom is 0.338 e. The van der Waals surface area contributed by atoms with E-state index >= 15 is 0 Å². The highest BCUT2D eigenvalue weighted by Crippen LogP contribution is 2.11. The first kappa shape index (κ1) is 18.1. The van der Waals surface area contributed by atoms with E-state index in [9.17, 15) is 19.2 Å². The van der Waals surface area contributed by atoms with Crippen LogP contribution in [0.1, 0.15) is 30.6 Å². The fourth-order valence-corrected chi connectivity index (χ4v) is 1.59. The van der Waals surface area contributed by atoms with E-state index in [0.717, 1.165) is 6.42 Å². The van der Waals surface area contributed by atoms with Gasteiger partial charge in [-0.25, -0.2) is 9.59 Å². The van der Waals surface area contributed by atoms with Crippen molar-refractivity contribution in [2.45, 2.75) is 20.3 Å². The summed E-state index contributed by atoms with van der Waals surface area (Å²) in [5, 5.41) is 7.02. The molecule has 0 aliphatic rings. The second kappa shape index (κ2) is 9.19. The zero-order valence-corrected chi connectivity index (χ0v) is 13.0. The van der Waals surface area contributed by atoms with E-state index in [0.29, 0.717) is 12.2 Å². The topological polar surface area (TPSA) is 114 Å². The fraction of sp³-hybridized carbons (Fsp3) is 0.333. The predicted molar refractivity (Wildman–Crippen MR) is 82.9 cm³/mol. The molecule has 8 heteroatoms. The highest BCUT2D eigenvalue weighted by molar-refractivity contribution is 5.97. The molecule has 0 fully saturated rings. The normalized spacial score (nSPS) is 9.65. The first-order valence-electron chi connectivity index (χ1n) is 7.04. The third-order valence-electron chi connectivity index (χ3n) is 2.54. The summed E-state index contributed by atoms with van der Waals surface area (Å²) in [7, 11) is 0. The number of carbonyl (C=O) groups excluding carboxylic acids is 4. The van der Waals surface area contributed by atoms with Crippen molar-refractivity contribution in [1.29, 1.82) is 0 Å². The number of esters is 1. The summed E-state index contributed by atoms with van der Waals surface area (Å²) in [6.07, 6.45) is 0.737. The molecule has 0 aliphatic carbocycles. The Balaban J connectivity index is 2.48. The van der Waals surface area contributed by atoms with Crippen LogP contribution in [0.15, 0.2) is 24.3 Å².